The van der Waals surface area contributed by atoms with Gasteiger partial charge < -0.3 is 0 Å². The van der Waals surface area contributed by atoms with Gasteiger partial charge in [-0.3, -0.25) is 0 Å². The summed E-state index contributed by atoms with van der Waals surface area (Å²) in [5, 5.41) is 0. The van der Waals surface area contributed by atoms with E-state index in [4.69, 9.17) is 0 Å². The van der Waals surface area contributed by atoms with Crippen molar-refractivity contribution < 1.29 is 8.42 Å². The fourth-order valence-corrected chi connectivity index (χ4v) is 2.17. The lowest BCUT2D eigenvalue weighted by Gasteiger charge is -2.10. The third-order valence-electron chi connectivity index (χ3n) is 1.59. The summed E-state index contributed by atoms with van der Waals surface area (Å²) in [4.78, 5) is 0. The molecule has 0 N–H and O–H groups in total. The minimum absolute atomic E-state index is 0.190. The van der Waals surface area contributed by atoms with Crippen LogP contribution in [-0.2, 0) is 9.84 Å². The zero-order valence-corrected chi connectivity index (χ0v) is 7.34. The summed E-state index contributed by atoms with van der Waals surface area (Å²) in [5.41, 5.74) is 0. The van der Waals surface area contributed by atoms with Gasteiger partial charge in [-0.25, -0.2) is 8.42 Å². The van der Waals surface area contributed by atoms with Crippen molar-refractivity contribution in [2.45, 2.75) is 6.42 Å². The van der Waals surface area contributed by atoms with Crippen LogP contribution in [0.5, 0.6) is 0 Å². The number of hydrogen-bond donors (Lipinski definition) is 0. The molecule has 0 saturated heterocycles. The van der Waals surface area contributed by atoms with Gasteiger partial charge in [-0.05, 0) is 12.3 Å². The molecule has 1 unspecified atom stereocenters. The van der Waals surface area contributed by atoms with Gasteiger partial charge in [0.25, 0.3) is 0 Å². The Morgan fingerprint density at radius 3 is 2.64 bits per heavy atom. The Morgan fingerprint density at radius 2 is 2.18 bits per heavy atom. The molecule has 1 aliphatic carbocycles. The summed E-state index contributed by atoms with van der Waals surface area (Å²) < 4.78 is 21.7. The quantitative estimate of drug-likeness (QED) is 0.626. The van der Waals surface area contributed by atoms with Gasteiger partial charge in [-0.1, -0.05) is 24.3 Å². The van der Waals surface area contributed by atoms with Crippen LogP contribution in [-0.4, -0.2) is 20.4 Å². The third kappa shape index (κ3) is 3.37. The predicted octanol–water partition coefficient (Wildman–Crippen LogP) is 1.16. The summed E-state index contributed by atoms with van der Waals surface area (Å²) in [7, 11) is -2.81. The minimum Gasteiger partial charge on any atom is -0.229 e. The molecule has 11 heavy (non-hydrogen) atoms. The molecule has 0 aromatic carbocycles. The monoisotopic (exact) mass is 172 g/mol. The Bertz CT molecular complexity index is 272. The maximum Gasteiger partial charge on any atom is 0.148 e. The summed E-state index contributed by atoms with van der Waals surface area (Å²) in [6.45, 7) is 0. The van der Waals surface area contributed by atoms with Gasteiger partial charge in [0.15, 0.2) is 0 Å². The maximum atomic E-state index is 10.8. The normalized spacial score (nSPS) is 23.9. The largest absolute Gasteiger partial charge is 0.229 e. The van der Waals surface area contributed by atoms with Crippen molar-refractivity contribution in [3.05, 3.63) is 24.3 Å². The number of hydrogen-bond acceptors (Lipinski definition) is 2. The topological polar surface area (TPSA) is 34.1 Å². The van der Waals surface area contributed by atoms with Crippen LogP contribution in [0.1, 0.15) is 6.42 Å². The van der Waals surface area contributed by atoms with Gasteiger partial charge in [0.2, 0.25) is 0 Å². The maximum absolute atomic E-state index is 10.8. The van der Waals surface area contributed by atoms with E-state index < -0.39 is 9.84 Å². The van der Waals surface area contributed by atoms with Crippen molar-refractivity contribution in [2.24, 2.45) is 5.92 Å². The number of rotatable bonds is 2. The average Bonchev–Trinajstić information content (AvgIpc) is 1.85. The van der Waals surface area contributed by atoms with E-state index in [0.717, 1.165) is 6.42 Å². The Hall–Kier alpha value is -0.570. The minimum atomic E-state index is -2.81. The van der Waals surface area contributed by atoms with Crippen LogP contribution < -0.4 is 0 Å². The number of sulfone groups is 1. The zero-order valence-electron chi connectivity index (χ0n) is 6.53. The highest BCUT2D eigenvalue weighted by Crippen LogP contribution is 2.12. The van der Waals surface area contributed by atoms with Crippen LogP contribution in [0.25, 0.3) is 0 Å². The summed E-state index contributed by atoms with van der Waals surface area (Å²) in [6, 6.07) is 0. The van der Waals surface area contributed by atoms with Crippen molar-refractivity contribution >= 4 is 9.84 Å². The van der Waals surface area contributed by atoms with E-state index in [9.17, 15) is 8.42 Å². The van der Waals surface area contributed by atoms with Gasteiger partial charge in [0, 0.05) is 6.26 Å². The molecular formula is C8H12O2S. The van der Waals surface area contributed by atoms with Crippen LogP contribution in [0, 0.1) is 5.92 Å². The molecule has 0 aromatic rings. The lowest BCUT2D eigenvalue weighted by atomic mass is 10.0. The van der Waals surface area contributed by atoms with E-state index >= 15 is 0 Å². The summed E-state index contributed by atoms with van der Waals surface area (Å²) in [5.74, 6) is 0.461. The molecule has 2 nitrogen and oxygen atoms in total. The molecule has 1 aliphatic rings. The van der Waals surface area contributed by atoms with Gasteiger partial charge in [-0.2, -0.15) is 0 Å². The van der Waals surface area contributed by atoms with Crippen LogP contribution in [0.3, 0.4) is 0 Å². The molecule has 0 amide bonds. The van der Waals surface area contributed by atoms with Crippen molar-refractivity contribution in [1.29, 1.82) is 0 Å². The first kappa shape index (κ1) is 8.53. The lowest BCUT2D eigenvalue weighted by Crippen LogP contribution is -2.13. The van der Waals surface area contributed by atoms with Crippen molar-refractivity contribution in [3.63, 3.8) is 0 Å². The van der Waals surface area contributed by atoms with E-state index in [1.54, 1.807) is 0 Å². The molecule has 0 saturated carbocycles. The fraction of sp³-hybridized carbons (Fsp3) is 0.500. The molecule has 62 valence electrons. The highest BCUT2D eigenvalue weighted by molar-refractivity contribution is 7.90. The molecule has 3 heteroatoms. The SMILES string of the molecule is CS(=O)(=O)CC1C=CC=CC1. The Labute approximate surface area is 67.5 Å². The average molecular weight is 172 g/mol. The lowest BCUT2D eigenvalue weighted by molar-refractivity contribution is 0.589. The van der Waals surface area contributed by atoms with Crippen LogP contribution >= 0.6 is 0 Å². The molecule has 0 radical (unpaired) electrons. The molecular weight excluding hydrogens is 160 g/mol. The molecule has 0 heterocycles. The predicted molar refractivity (Wildman–Crippen MR) is 46.1 cm³/mol. The van der Waals surface area contributed by atoms with Crippen molar-refractivity contribution in [2.75, 3.05) is 12.0 Å². The van der Waals surface area contributed by atoms with Gasteiger partial charge in [0.1, 0.15) is 9.84 Å². The van der Waals surface area contributed by atoms with Gasteiger partial charge >= 0.3 is 0 Å². The van der Waals surface area contributed by atoms with Crippen molar-refractivity contribution in [3.8, 4) is 0 Å². The first-order valence-electron chi connectivity index (χ1n) is 3.59. The van der Waals surface area contributed by atoms with Crippen LogP contribution in [0.15, 0.2) is 24.3 Å². The molecule has 1 atom stereocenters. The molecule has 0 aliphatic heterocycles. The Morgan fingerprint density at radius 1 is 1.45 bits per heavy atom. The number of allylic oxidation sites excluding steroid dienone is 4. The van der Waals surface area contributed by atoms with E-state index in [1.165, 1.54) is 6.26 Å². The van der Waals surface area contributed by atoms with E-state index in [-0.39, 0.29) is 11.7 Å². The molecule has 0 bridgehead atoms. The van der Waals surface area contributed by atoms with E-state index in [2.05, 4.69) is 0 Å². The Balaban J connectivity index is 2.52. The highest BCUT2D eigenvalue weighted by Gasteiger charge is 2.11. The first-order chi connectivity index (χ1) is 5.08. The molecule has 0 spiro atoms. The second-order valence-electron chi connectivity index (χ2n) is 2.90. The van der Waals surface area contributed by atoms with Crippen LogP contribution in [0.4, 0.5) is 0 Å². The smallest absolute Gasteiger partial charge is 0.148 e. The first-order valence-corrected chi connectivity index (χ1v) is 5.65. The molecule has 0 fully saturated rings. The summed E-state index contributed by atoms with van der Waals surface area (Å²) >= 11 is 0. The standard InChI is InChI=1S/C8H12O2S/c1-11(9,10)7-8-5-3-2-4-6-8/h2-5,8H,6-7H2,1H3. The van der Waals surface area contributed by atoms with Crippen molar-refractivity contribution in [1.82, 2.24) is 0 Å². The fourth-order valence-electron chi connectivity index (χ4n) is 1.14. The zero-order chi connectivity index (χ0) is 8.32. The molecule has 1 rings (SSSR count). The second-order valence-corrected chi connectivity index (χ2v) is 5.09. The van der Waals surface area contributed by atoms with Crippen LogP contribution in [0.2, 0.25) is 0 Å². The second kappa shape index (κ2) is 3.22. The molecule has 0 aromatic heterocycles. The van der Waals surface area contributed by atoms with E-state index in [1.807, 2.05) is 24.3 Å². The Kier molecular flexibility index (Phi) is 2.49. The third-order valence-corrected chi connectivity index (χ3v) is 2.62. The van der Waals surface area contributed by atoms with Gasteiger partial charge in [-0.15, -0.1) is 0 Å². The van der Waals surface area contributed by atoms with E-state index in [0.29, 0.717) is 0 Å². The summed E-state index contributed by atoms with van der Waals surface area (Å²) in [6.07, 6.45) is 9.91. The highest BCUT2D eigenvalue weighted by atomic mass is 32.2. The van der Waals surface area contributed by atoms with Gasteiger partial charge in [0.05, 0.1) is 5.75 Å².